The zero-order valence-electron chi connectivity index (χ0n) is 37.6. The van der Waals surface area contributed by atoms with Crippen LogP contribution in [0.4, 0.5) is 0 Å². The number of hydrogen-bond acceptors (Lipinski definition) is 5. The monoisotopic (exact) mass is 792 g/mol. The van der Waals surface area contributed by atoms with E-state index >= 15 is 0 Å². The topological polar surface area (TPSA) is 95.9 Å². The smallest absolute Gasteiger partial charge is 0.305 e. The van der Waals surface area contributed by atoms with Gasteiger partial charge in [0.15, 0.2) is 0 Å². The van der Waals surface area contributed by atoms with Gasteiger partial charge in [0.2, 0.25) is 5.91 Å². The lowest BCUT2D eigenvalue weighted by atomic mass is 10.0. The predicted octanol–water partition coefficient (Wildman–Crippen LogP) is 14.6. The molecule has 56 heavy (non-hydrogen) atoms. The van der Waals surface area contributed by atoms with Crippen molar-refractivity contribution in [3.63, 3.8) is 0 Å². The first-order valence-electron chi connectivity index (χ1n) is 25.0. The van der Waals surface area contributed by atoms with E-state index in [0.717, 1.165) is 57.8 Å². The highest BCUT2D eigenvalue weighted by Gasteiger charge is 2.18. The van der Waals surface area contributed by atoms with Gasteiger partial charge in [0.25, 0.3) is 0 Å². The van der Waals surface area contributed by atoms with E-state index in [2.05, 4.69) is 19.2 Å². The molecule has 0 saturated heterocycles. The molecule has 0 aliphatic carbocycles. The number of rotatable bonds is 46. The molecule has 332 valence electrons. The summed E-state index contributed by atoms with van der Waals surface area (Å²) in [6.45, 7) is 4.84. The summed E-state index contributed by atoms with van der Waals surface area (Å²) < 4.78 is 5.46. The Morgan fingerprint density at radius 3 is 1.21 bits per heavy atom. The van der Waals surface area contributed by atoms with Crippen LogP contribution in [0.3, 0.4) is 0 Å². The first kappa shape index (κ1) is 54.6. The fourth-order valence-electron chi connectivity index (χ4n) is 7.69. The molecular weight excluding hydrogens is 695 g/mol. The summed E-state index contributed by atoms with van der Waals surface area (Å²) in [6, 6.07) is -0.645. The molecule has 0 aliphatic rings. The zero-order chi connectivity index (χ0) is 40.8. The van der Waals surface area contributed by atoms with Crippen LogP contribution in [0.5, 0.6) is 0 Å². The highest BCUT2D eigenvalue weighted by Crippen LogP contribution is 2.16. The molecule has 0 radical (unpaired) electrons. The molecule has 3 N–H and O–H groups in total. The van der Waals surface area contributed by atoms with E-state index in [4.69, 9.17) is 4.74 Å². The second-order valence-corrected chi connectivity index (χ2v) is 17.2. The third kappa shape index (κ3) is 42.2. The predicted molar refractivity (Wildman–Crippen MR) is 241 cm³/mol. The van der Waals surface area contributed by atoms with Crippen LogP contribution < -0.4 is 5.32 Å². The van der Waals surface area contributed by atoms with Gasteiger partial charge in [-0.2, -0.15) is 0 Å². The van der Waals surface area contributed by atoms with E-state index in [-0.39, 0.29) is 18.5 Å². The lowest BCUT2D eigenvalue weighted by molar-refractivity contribution is -0.143. The van der Waals surface area contributed by atoms with E-state index in [1.54, 1.807) is 6.08 Å². The van der Waals surface area contributed by atoms with Gasteiger partial charge in [-0.25, -0.2) is 0 Å². The molecule has 0 bridgehead atoms. The summed E-state index contributed by atoms with van der Waals surface area (Å²) in [5.41, 5.74) is 0. The van der Waals surface area contributed by atoms with Gasteiger partial charge >= 0.3 is 5.97 Å². The molecule has 2 atom stereocenters. The van der Waals surface area contributed by atoms with Crippen LogP contribution in [-0.2, 0) is 14.3 Å². The normalized spacial score (nSPS) is 12.7. The van der Waals surface area contributed by atoms with Gasteiger partial charge in [0.05, 0.1) is 25.4 Å². The van der Waals surface area contributed by atoms with Crippen molar-refractivity contribution in [1.29, 1.82) is 0 Å². The number of carbonyl (C=O) groups excluding carboxylic acids is 2. The maximum absolute atomic E-state index is 12.4. The standard InChI is InChI=1S/C50H97NO5/c1-3-5-7-9-11-13-15-17-18-19-20-22-24-28-32-36-40-44-50(55)56-45-41-37-33-29-25-27-31-35-39-43-49(54)51-47(46-52)48(53)42-38-34-30-26-23-21-16-14-12-10-8-6-4-2/h38,42,47-48,52-53H,3-37,39-41,43-46H2,1-2H3,(H,51,54)/b42-38+. The van der Waals surface area contributed by atoms with Crippen LogP contribution in [0.15, 0.2) is 12.2 Å². The van der Waals surface area contributed by atoms with Crippen molar-refractivity contribution in [2.45, 2.75) is 283 Å². The fraction of sp³-hybridized carbons (Fsp3) is 0.920. The molecule has 6 heteroatoms. The van der Waals surface area contributed by atoms with Gasteiger partial charge in [-0.15, -0.1) is 0 Å². The number of esters is 1. The number of carbonyl (C=O) groups is 2. The Morgan fingerprint density at radius 1 is 0.482 bits per heavy atom. The molecule has 0 aromatic carbocycles. The maximum Gasteiger partial charge on any atom is 0.305 e. The summed E-state index contributed by atoms with van der Waals surface area (Å²) in [4.78, 5) is 24.4. The first-order valence-corrected chi connectivity index (χ1v) is 25.0. The molecule has 0 rings (SSSR count). The number of aliphatic hydroxyl groups is 2. The number of allylic oxidation sites excluding steroid dienone is 1. The Hall–Kier alpha value is -1.40. The summed E-state index contributed by atoms with van der Waals surface area (Å²) in [5, 5.41) is 23.0. The molecule has 0 aromatic rings. The van der Waals surface area contributed by atoms with Gasteiger partial charge in [-0.05, 0) is 32.1 Å². The fourth-order valence-corrected chi connectivity index (χ4v) is 7.69. The third-order valence-electron chi connectivity index (χ3n) is 11.6. The summed E-state index contributed by atoms with van der Waals surface area (Å²) in [5.74, 6) is -0.118. The Morgan fingerprint density at radius 2 is 0.821 bits per heavy atom. The van der Waals surface area contributed by atoms with Crippen LogP contribution in [-0.4, -0.2) is 47.4 Å². The molecule has 0 heterocycles. The van der Waals surface area contributed by atoms with Crippen molar-refractivity contribution < 1.29 is 24.5 Å². The highest BCUT2D eigenvalue weighted by molar-refractivity contribution is 5.76. The summed E-state index contributed by atoms with van der Waals surface area (Å²) in [6.07, 6.45) is 52.0. The third-order valence-corrected chi connectivity index (χ3v) is 11.6. The SMILES string of the molecule is CCCCCCCCCCCCC/C=C/C(O)C(CO)NC(=O)CCCCCCCCCCCOC(=O)CCCCCCCCCCCCCCCCCCC. The molecule has 1 amide bonds. The quantitative estimate of drug-likeness (QED) is 0.0324. The number of amides is 1. The van der Waals surface area contributed by atoms with E-state index < -0.39 is 12.1 Å². The van der Waals surface area contributed by atoms with E-state index in [1.165, 1.54) is 186 Å². The number of hydrogen-bond donors (Lipinski definition) is 3. The van der Waals surface area contributed by atoms with E-state index in [1.807, 2.05) is 6.08 Å². The van der Waals surface area contributed by atoms with Crippen molar-refractivity contribution in [3.8, 4) is 0 Å². The zero-order valence-corrected chi connectivity index (χ0v) is 37.6. The molecule has 0 saturated carbocycles. The molecule has 2 unspecified atom stereocenters. The molecule has 0 aliphatic heterocycles. The molecule has 0 fully saturated rings. The van der Waals surface area contributed by atoms with Crippen molar-refractivity contribution in [1.82, 2.24) is 5.32 Å². The number of nitrogens with one attached hydrogen (secondary N) is 1. The van der Waals surface area contributed by atoms with Gasteiger partial charge in [-0.3, -0.25) is 9.59 Å². The molecule has 6 nitrogen and oxygen atoms in total. The van der Waals surface area contributed by atoms with Gasteiger partial charge in [-0.1, -0.05) is 238 Å². The van der Waals surface area contributed by atoms with Crippen molar-refractivity contribution >= 4 is 11.9 Å². The van der Waals surface area contributed by atoms with E-state index in [9.17, 15) is 19.8 Å². The Labute approximate surface area is 349 Å². The molecule has 0 aromatic heterocycles. The molecule has 0 spiro atoms. The summed E-state index contributed by atoms with van der Waals surface area (Å²) >= 11 is 0. The van der Waals surface area contributed by atoms with Crippen LogP contribution in [0, 0.1) is 0 Å². The minimum absolute atomic E-state index is 0.0236. The van der Waals surface area contributed by atoms with Crippen LogP contribution >= 0.6 is 0 Å². The largest absolute Gasteiger partial charge is 0.466 e. The minimum Gasteiger partial charge on any atom is -0.466 e. The van der Waals surface area contributed by atoms with Crippen LogP contribution in [0.2, 0.25) is 0 Å². The van der Waals surface area contributed by atoms with Crippen LogP contribution in [0.25, 0.3) is 0 Å². The average Bonchev–Trinajstić information content (AvgIpc) is 3.20. The lowest BCUT2D eigenvalue weighted by Gasteiger charge is -2.20. The van der Waals surface area contributed by atoms with Crippen molar-refractivity contribution in [2.75, 3.05) is 13.2 Å². The van der Waals surface area contributed by atoms with E-state index in [0.29, 0.717) is 19.4 Å². The van der Waals surface area contributed by atoms with Gasteiger partial charge in [0.1, 0.15) is 0 Å². The Balaban J connectivity index is 3.49. The molecular formula is C50H97NO5. The van der Waals surface area contributed by atoms with Gasteiger partial charge < -0.3 is 20.3 Å². The van der Waals surface area contributed by atoms with Crippen LogP contribution in [0.1, 0.15) is 271 Å². The Kier molecular flexibility index (Phi) is 45.1. The number of aliphatic hydroxyl groups excluding tert-OH is 2. The second kappa shape index (κ2) is 46.3. The van der Waals surface area contributed by atoms with Gasteiger partial charge in [0, 0.05) is 12.8 Å². The first-order chi connectivity index (χ1) is 27.5. The number of unbranched alkanes of at least 4 members (excludes halogenated alkanes) is 35. The average molecular weight is 792 g/mol. The number of ether oxygens (including phenoxy) is 1. The highest BCUT2D eigenvalue weighted by atomic mass is 16.5. The minimum atomic E-state index is -0.859. The maximum atomic E-state index is 12.4. The summed E-state index contributed by atoms with van der Waals surface area (Å²) in [7, 11) is 0. The van der Waals surface area contributed by atoms with Crippen molar-refractivity contribution in [2.24, 2.45) is 0 Å². The van der Waals surface area contributed by atoms with Crippen molar-refractivity contribution in [3.05, 3.63) is 12.2 Å². The Bertz CT molecular complexity index is 832. The second-order valence-electron chi connectivity index (χ2n) is 17.2. The lowest BCUT2D eigenvalue weighted by Crippen LogP contribution is -2.45.